The second-order valence-corrected chi connectivity index (χ2v) is 9.95. The molecule has 0 aliphatic carbocycles. The van der Waals surface area contributed by atoms with Crippen molar-refractivity contribution in [3.63, 3.8) is 0 Å². The van der Waals surface area contributed by atoms with Gasteiger partial charge < -0.3 is 4.90 Å². The van der Waals surface area contributed by atoms with E-state index in [0.29, 0.717) is 11.8 Å². The maximum atomic E-state index is 4.66. The number of nitrogens with zero attached hydrogens (tertiary/aromatic N) is 1. The number of hydrogen-bond donors (Lipinski definition) is 0. The van der Waals surface area contributed by atoms with Crippen LogP contribution >= 0.6 is 0 Å². The van der Waals surface area contributed by atoms with E-state index in [1.807, 2.05) is 6.08 Å². The Morgan fingerprint density at radius 2 is 1.76 bits per heavy atom. The molecule has 0 saturated carbocycles. The lowest BCUT2D eigenvalue weighted by Crippen LogP contribution is -2.27. The van der Waals surface area contributed by atoms with Crippen LogP contribution in [-0.4, -0.2) is 0 Å². The third kappa shape index (κ3) is 3.92. The van der Waals surface area contributed by atoms with Gasteiger partial charge in [-0.2, -0.15) is 0 Å². The Bertz CT molecular complexity index is 928. The monoisotopic (exact) mass is 387 g/mol. The quantitative estimate of drug-likeness (QED) is 0.513. The second kappa shape index (κ2) is 7.86. The summed E-state index contributed by atoms with van der Waals surface area (Å²) in [7, 11) is 0. The van der Waals surface area contributed by atoms with Crippen LogP contribution in [0.3, 0.4) is 0 Å². The Labute approximate surface area is 178 Å². The highest BCUT2D eigenvalue weighted by molar-refractivity contribution is 5.65. The molecule has 0 aromatic heterocycles. The molecule has 0 bridgehead atoms. The molecular formula is C28H37N. The maximum absolute atomic E-state index is 4.66. The van der Waals surface area contributed by atoms with Crippen LogP contribution in [0, 0.1) is 38.0 Å². The zero-order valence-electron chi connectivity index (χ0n) is 19.3. The average Bonchev–Trinajstić information content (AvgIpc) is 2.98. The highest BCUT2D eigenvalue weighted by atomic mass is 15.2. The van der Waals surface area contributed by atoms with Gasteiger partial charge in [0, 0.05) is 17.3 Å². The Kier molecular flexibility index (Phi) is 5.81. The van der Waals surface area contributed by atoms with Gasteiger partial charge in [0.2, 0.25) is 0 Å². The molecule has 2 aromatic carbocycles. The fourth-order valence-corrected chi connectivity index (χ4v) is 4.84. The van der Waals surface area contributed by atoms with E-state index in [2.05, 4.69) is 103 Å². The molecule has 0 spiro atoms. The molecule has 0 amide bonds. The van der Waals surface area contributed by atoms with Crippen LogP contribution in [0.25, 0.3) is 6.08 Å². The molecule has 29 heavy (non-hydrogen) atoms. The fourth-order valence-electron chi connectivity index (χ4n) is 4.84. The van der Waals surface area contributed by atoms with E-state index in [9.17, 15) is 0 Å². The van der Waals surface area contributed by atoms with Gasteiger partial charge in [-0.25, -0.2) is 0 Å². The van der Waals surface area contributed by atoms with E-state index < -0.39 is 0 Å². The van der Waals surface area contributed by atoms with Crippen molar-refractivity contribution >= 4 is 11.8 Å². The van der Waals surface area contributed by atoms with Crippen LogP contribution in [-0.2, 0) is 0 Å². The molecule has 154 valence electrons. The number of aryl methyl sites for hydroxylation is 3. The number of rotatable bonds is 4. The first-order valence-corrected chi connectivity index (χ1v) is 10.8. The summed E-state index contributed by atoms with van der Waals surface area (Å²) in [6.45, 7) is 24.8. The number of allylic oxidation sites excluding steroid dienone is 1. The van der Waals surface area contributed by atoms with Gasteiger partial charge in [0.15, 0.2) is 0 Å². The van der Waals surface area contributed by atoms with E-state index in [4.69, 9.17) is 0 Å². The van der Waals surface area contributed by atoms with Crippen molar-refractivity contribution in [3.8, 4) is 0 Å². The predicted octanol–water partition coefficient (Wildman–Crippen LogP) is 8.02. The van der Waals surface area contributed by atoms with Gasteiger partial charge in [-0.1, -0.05) is 77.3 Å². The first kappa shape index (κ1) is 21.4. The summed E-state index contributed by atoms with van der Waals surface area (Å²) < 4.78 is 0. The molecule has 1 saturated heterocycles. The Balaban J connectivity index is 2.20. The highest BCUT2D eigenvalue weighted by Crippen LogP contribution is 2.52. The first-order valence-electron chi connectivity index (χ1n) is 10.8. The van der Waals surface area contributed by atoms with Crippen molar-refractivity contribution in [2.45, 2.75) is 60.9 Å². The van der Waals surface area contributed by atoms with E-state index in [0.717, 1.165) is 6.42 Å². The second-order valence-electron chi connectivity index (χ2n) is 9.95. The van der Waals surface area contributed by atoms with Crippen molar-refractivity contribution in [1.82, 2.24) is 0 Å². The van der Waals surface area contributed by atoms with Crippen molar-refractivity contribution < 1.29 is 0 Å². The Morgan fingerprint density at radius 3 is 2.38 bits per heavy atom. The molecule has 1 nitrogen and oxygen atoms in total. The van der Waals surface area contributed by atoms with Crippen molar-refractivity contribution in [2.75, 3.05) is 4.90 Å². The van der Waals surface area contributed by atoms with E-state index in [1.54, 1.807) is 0 Å². The van der Waals surface area contributed by atoms with Crippen LogP contribution in [0.1, 0.15) is 68.0 Å². The SMILES string of the molecule is C=Cc1cccc(C)c1C1CC(C(C)C(C)(C)C)C(=C)N1c1cc(C)ccc1C. The third-order valence-electron chi connectivity index (χ3n) is 7.03. The lowest BCUT2D eigenvalue weighted by Gasteiger charge is -2.34. The minimum Gasteiger partial charge on any atom is -0.338 e. The van der Waals surface area contributed by atoms with Gasteiger partial charge in [-0.05, 0) is 72.4 Å². The molecule has 2 aromatic rings. The molecule has 0 N–H and O–H groups in total. The van der Waals surface area contributed by atoms with Crippen LogP contribution < -0.4 is 4.90 Å². The van der Waals surface area contributed by atoms with Crippen molar-refractivity contribution in [3.05, 3.63) is 83.1 Å². The van der Waals surface area contributed by atoms with Gasteiger partial charge in [0.1, 0.15) is 0 Å². The molecule has 1 aliphatic heterocycles. The zero-order valence-corrected chi connectivity index (χ0v) is 19.3. The molecule has 1 aliphatic rings. The third-order valence-corrected chi connectivity index (χ3v) is 7.03. The van der Waals surface area contributed by atoms with Gasteiger partial charge in [0.05, 0.1) is 6.04 Å². The minimum atomic E-state index is 0.239. The smallest absolute Gasteiger partial charge is 0.0603 e. The largest absolute Gasteiger partial charge is 0.338 e. The Morgan fingerprint density at radius 1 is 1.07 bits per heavy atom. The maximum Gasteiger partial charge on any atom is 0.0603 e. The van der Waals surface area contributed by atoms with Gasteiger partial charge >= 0.3 is 0 Å². The lowest BCUT2D eigenvalue weighted by molar-refractivity contribution is 0.199. The van der Waals surface area contributed by atoms with Crippen LogP contribution in [0.15, 0.2) is 55.3 Å². The molecule has 3 rings (SSSR count). The van der Waals surface area contributed by atoms with Crippen LogP contribution in [0.2, 0.25) is 0 Å². The molecule has 3 atom stereocenters. The summed E-state index contributed by atoms with van der Waals surface area (Å²) in [6, 6.07) is 13.6. The average molecular weight is 388 g/mol. The summed E-state index contributed by atoms with van der Waals surface area (Å²) in [6.07, 6.45) is 3.10. The predicted molar refractivity (Wildman–Crippen MR) is 128 cm³/mol. The van der Waals surface area contributed by atoms with Crippen LogP contribution in [0.4, 0.5) is 5.69 Å². The molecule has 1 fully saturated rings. The summed E-state index contributed by atoms with van der Waals surface area (Å²) >= 11 is 0. The topological polar surface area (TPSA) is 3.24 Å². The summed E-state index contributed by atoms with van der Waals surface area (Å²) in [5.41, 5.74) is 9.35. The van der Waals surface area contributed by atoms with Crippen molar-refractivity contribution in [1.29, 1.82) is 0 Å². The Hall–Kier alpha value is -2.28. The van der Waals surface area contributed by atoms with E-state index >= 15 is 0 Å². The molecule has 3 unspecified atom stereocenters. The number of benzene rings is 2. The standard InChI is InChI=1S/C28H37N/c1-10-23-13-11-12-20(4)27(23)26-17-24(21(5)28(7,8)9)22(6)29(26)25-16-18(2)14-15-19(25)3/h10-16,21,24,26H,1,6,17H2,2-5,7-9H3. The van der Waals surface area contributed by atoms with Crippen molar-refractivity contribution in [2.24, 2.45) is 17.3 Å². The molecule has 0 radical (unpaired) electrons. The summed E-state index contributed by atoms with van der Waals surface area (Å²) in [5, 5.41) is 0. The lowest BCUT2D eigenvalue weighted by atomic mass is 9.72. The summed E-state index contributed by atoms with van der Waals surface area (Å²) in [5.74, 6) is 1.00. The van der Waals surface area contributed by atoms with Crippen LogP contribution in [0.5, 0.6) is 0 Å². The molecule has 1 heteroatoms. The van der Waals surface area contributed by atoms with Gasteiger partial charge in [-0.15, -0.1) is 0 Å². The number of anilines is 1. The highest BCUT2D eigenvalue weighted by Gasteiger charge is 2.43. The molecular weight excluding hydrogens is 350 g/mol. The number of hydrogen-bond acceptors (Lipinski definition) is 1. The molecule has 1 heterocycles. The zero-order chi connectivity index (χ0) is 21.5. The first-order chi connectivity index (χ1) is 13.6. The van der Waals surface area contributed by atoms with E-state index in [1.165, 1.54) is 39.2 Å². The normalized spacial score (nSPS) is 20.8. The summed E-state index contributed by atoms with van der Waals surface area (Å²) in [4.78, 5) is 2.53. The van der Waals surface area contributed by atoms with Gasteiger partial charge in [-0.3, -0.25) is 0 Å². The minimum absolute atomic E-state index is 0.239. The van der Waals surface area contributed by atoms with E-state index in [-0.39, 0.29) is 11.5 Å². The van der Waals surface area contributed by atoms with Gasteiger partial charge in [0.25, 0.3) is 0 Å². The fraction of sp³-hybridized carbons (Fsp3) is 0.429.